The van der Waals surface area contributed by atoms with Crippen molar-refractivity contribution in [1.82, 2.24) is 10.3 Å². The summed E-state index contributed by atoms with van der Waals surface area (Å²) in [6.45, 7) is 0. The molecule has 0 aliphatic heterocycles. The van der Waals surface area contributed by atoms with Crippen LogP contribution in [0.4, 0.5) is 13.2 Å². The Hall–Kier alpha value is -1.30. The third-order valence-corrected chi connectivity index (χ3v) is 1.52. The summed E-state index contributed by atoms with van der Waals surface area (Å²) in [5.74, 6) is 4.61. The van der Waals surface area contributed by atoms with Crippen LogP contribution in [0, 0.1) is 11.3 Å². The Morgan fingerprint density at radius 2 is 2.00 bits per heavy atom. The number of nitrogens with one attached hydrogen (secondary N) is 1. The second kappa shape index (κ2) is 4.48. The average molecular weight is 224 g/mol. The molecule has 5 nitrogen and oxygen atoms in total. The molecule has 8 heteroatoms. The molecular formula is C7H11F3N4O. The van der Waals surface area contributed by atoms with Crippen LogP contribution in [-0.2, 0) is 0 Å². The predicted octanol–water partition coefficient (Wildman–Crippen LogP) is -0.330. The molecule has 0 saturated heterocycles. The Kier molecular flexibility index (Phi) is 4.09. The molecule has 1 unspecified atom stereocenters. The maximum Gasteiger partial charge on any atom is 0.437 e. The quantitative estimate of drug-likeness (QED) is 0.264. The Bertz CT molecular complexity index is 294. The molecule has 0 rings (SSSR count). The Balaban J connectivity index is 5.38. The maximum absolute atomic E-state index is 12.4. The van der Waals surface area contributed by atoms with Crippen molar-refractivity contribution in [2.75, 3.05) is 14.1 Å². The molecule has 0 amide bonds. The van der Waals surface area contributed by atoms with Gasteiger partial charge in [0.25, 0.3) is 5.72 Å². The second-order valence-electron chi connectivity index (χ2n) is 2.97. The van der Waals surface area contributed by atoms with Crippen LogP contribution < -0.4 is 11.3 Å². The molecule has 0 aliphatic rings. The van der Waals surface area contributed by atoms with E-state index in [1.165, 1.54) is 30.5 Å². The van der Waals surface area contributed by atoms with Gasteiger partial charge in [-0.25, -0.2) is 5.43 Å². The maximum atomic E-state index is 12.4. The van der Waals surface area contributed by atoms with Crippen molar-refractivity contribution in [3.63, 3.8) is 0 Å². The van der Waals surface area contributed by atoms with E-state index < -0.39 is 17.5 Å². The third-order valence-electron chi connectivity index (χ3n) is 1.52. The zero-order valence-corrected chi connectivity index (χ0v) is 8.13. The SMILES string of the molecule is CN(C)C=C(C#N)C(O)(NN)C(F)(F)F. The normalized spacial score (nSPS) is 16.8. The van der Waals surface area contributed by atoms with E-state index in [2.05, 4.69) is 5.84 Å². The summed E-state index contributed by atoms with van der Waals surface area (Å²) in [7, 11) is 2.81. The van der Waals surface area contributed by atoms with Crippen LogP contribution in [-0.4, -0.2) is 36.0 Å². The largest absolute Gasteiger partial charge is 0.437 e. The standard InChI is InChI=1S/C7H11F3N4O/c1-14(2)4-5(3-11)6(15,13-12)7(8,9)10/h4,13,15H,12H2,1-2H3. The van der Waals surface area contributed by atoms with Crippen molar-refractivity contribution in [3.8, 4) is 6.07 Å². The van der Waals surface area contributed by atoms with Crippen molar-refractivity contribution in [2.24, 2.45) is 5.84 Å². The van der Waals surface area contributed by atoms with E-state index in [4.69, 9.17) is 5.26 Å². The van der Waals surface area contributed by atoms with Gasteiger partial charge in [-0.15, -0.1) is 0 Å². The second-order valence-corrected chi connectivity index (χ2v) is 2.97. The van der Waals surface area contributed by atoms with Crippen molar-refractivity contribution in [1.29, 1.82) is 5.26 Å². The minimum absolute atomic E-state index is 0.827. The van der Waals surface area contributed by atoms with E-state index in [1.54, 1.807) is 0 Å². The Labute approximate surface area is 84.5 Å². The molecule has 0 heterocycles. The fourth-order valence-corrected chi connectivity index (χ4v) is 0.774. The number of hydrogen-bond donors (Lipinski definition) is 3. The average Bonchev–Trinajstić information content (AvgIpc) is 2.10. The lowest BCUT2D eigenvalue weighted by molar-refractivity contribution is -0.255. The van der Waals surface area contributed by atoms with E-state index >= 15 is 0 Å². The van der Waals surface area contributed by atoms with Crippen molar-refractivity contribution >= 4 is 0 Å². The van der Waals surface area contributed by atoms with Crippen LogP contribution >= 0.6 is 0 Å². The van der Waals surface area contributed by atoms with Gasteiger partial charge in [0.05, 0.1) is 0 Å². The number of rotatable bonds is 3. The number of nitrogens with two attached hydrogens (primary N) is 1. The van der Waals surface area contributed by atoms with Gasteiger partial charge in [0.15, 0.2) is 0 Å². The van der Waals surface area contributed by atoms with Crippen LogP contribution in [0.2, 0.25) is 0 Å². The van der Waals surface area contributed by atoms with Gasteiger partial charge in [-0.3, -0.25) is 5.84 Å². The van der Waals surface area contributed by atoms with Gasteiger partial charge < -0.3 is 10.0 Å². The highest BCUT2D eigenvalue weighted by atomic mass is 19.4. The molecule has 0 spiro atoms. The molecule has 15 heavy (non-hydrogen) atoms. The highest BCUT2D eigenvalue weighted by Crippen LogP contribution is 2.33. The molecule has 4 N–H and O–H groups in total. The molecule has 0 radical (unpaired) electrons. The first kappa shape index (κ1) is 13.7. The van der Waals surface area contributed by atoms with Crippen LogP contribution in [0.5, 0.6) is 0 Å². The third kappa shape index (κ3) is 2.82. The molecule has 86 valence electrons. The molecular weight excluding hydrogens is 213 g/mol. The molecule has 0 aliphatic carbocycles. The Morgan fingerprint density at radius 3 is 2.20 bits per heavy atom. The van der Waals surface area contributed by atoms with Gasteiger partial charge in [0, 0.05) is 20.3 Å². The van der Waals surface area contributed by atoms with E-state index in [-0.39, 0.29) is 0 Å². The predicted molar refractivity (Wildman–Crippen MR) is 45.7 cm³/mol. The number of nitrogens with zero attached hydrogens (tertiary/aromatic N) is 2. The number of halogens is 3. The van der Waals surface area contributed by atoms with Crippen LogP contribution in [0.3, 0.4) is 0 Å². The van der Waals surface area contributed by atoms with Gasteiger partial charge >= 0.3 is 6.18 Å². The van der Waals surface area contributed by atoms with Gasteiger partial charge in [0.1, 0.15) is 11.6 Å². The molecule has 0 aromatic rings. The summed E-state index contributed by atoms with van der Waals surface area (Å²) in [6, 6.07) is 1.24. The molecule has 0 aromatic carbocycles. The van der Waals surface area contributed by atoms with Gasteiger partial charge in [-0.2, -0.15) is 18.4 Å². The van der Waals surface area contributed by atoms with Crippen LogP contribution in [0.1, 0.15) is 0 Å². The zero-order valence-electron chi connectivity index (χ0n) is 8.13. The van der Waals surface area contributed by atoms with E-state index in [9.17, 15) is 18.3 Å². The number of aliphatic hydroxyl groups is 1. The van der Waals surface area contributed by atoms with Gasteiger partial charge in [-0.1, -0.05) is 0 Å². The monoisotopic (exact) mass is 224 g/mol. The lowest BCUT2D eigenvalue weighted by atomic mass is 10.1. The Morgan fingerprint density at radius 1 is 1.53 bits per heavy atom. The van der Waals surface area contributed by atoms with E-state index in [0.29, 0.717) is 0 Å². The van der Waals surface area contributed by atoms with E-state index in [1.807, 2.05) is 0 Å². The number of hydrazine groups is 1. The lowest BCUT2D eigenvalue weighted by Gasteiger charge is -2.29. The summed E-state index contributed by atoms with van der Waals surface area (Å²) in [4.78, 5) is 1.19. The molecule has 1 atom stereocenters. The van der Waals surface area contributed by atoms with Crippen molar-refractivity contribution < 1.29 is 18.3 Å². The number of alkyl halides is 3. The van der Waals surface area contributed by atoms with Crippen LogP contribution in [0.15, 0.2) is 11.8 Å². The molecule has 0 saturated carbocycles. The number of nitriles is 1. The van der Waals surface area contributed by atoms with Crippen molar-refractivity contribution in [3.05, 3.63) is 11.8 Å². The van der Waals surface area contributed by atoms with Gasteiger partial charge in [-0.05, 0) is 0 Å². The highest BCUT2D eigenvalue weighted by Gasteiger charge is 2.56. The number of hydrogen-bond acceptors (Lipinski definition) is 5. The molecule has 0 aromatic heterocycles. The first-order chi connectivity index (χ1) is 6.69. The van der Waals surface area contributed by atoms with E-state index in [0.717, 1.165) is 6.20 Å². The first-order valence-electron chi connectivity index (χ1n) is 3.74. The van der Waals surface area contributed by atoms with Gasteiger partial charge in [0.2, 0.25) is 0 Å². The minimum atomic E-state index is -5.08. The zero-order chi connectivity index (χ0) is 12.3. The minimum Gasteiger partial charge on any atom is -0.383 e. The first-order valence-corrected chi connectivity index (χ1v) is 3.74. The molecule has 0 fully saturated rings. The topological polar surface area (TPSA) is 85.3 Å². The summed E-state index contributed by atoms with van der Waals surface area (Å²) in [5, 5.41) is 17.7. The van der Waals surface area contributed by atoms with Crippen LogP contribution in [0.25, 0.3) is 0 Å². The smallest absolute Gasteiger partial charge is 0.383 e. The summed E-state index contributed by atoms with van der Waals surface area (Å²) in [5.41, 5.74) is -3.29. The fourth-order valence-electron chi connectivity index (χ4n) is 0.774. The highest BCUT2D eigenvalue weighted by molar-refractivity contribution is 5.31. The summed E-state index contributed by atoms with van der Waals surface area (Å²) >= 11 is 0. The fraction of sp³-hybridized carbons (Fsp3) is 0.571. The molecule has 0 bridgehead atoms. The summed E-state index contributed by atoms with van der Waals surface area (Å²) in [6.07, 6.45) is -4.26. The summed E-state index contributed by atoms with van der Waals surface area (Å²) < 4.78 is 37.2. The van der Waals surface area contributed by atoms with Crippen molar-refractivity contribution in [2.45, 2.75) is 11.9 Å². The lowest BCUT2D eigenvalue weighted by Crippen LogP contribution is -2.61.